The van der Waals surface area contributed by atoms with E-state index in [0.717, 1.165) is 12.1 Å². The first-order valence-corrected chi connectivity index (χ1v) is 7.62. The number of nitrogens with one attached hydrogen (secondary N) is 1. The number of alkyl halides is 3. The number of hydrogen-bond acceptors (Lipinski definition) is 4. The van der Waals surface area contributed by atoms with Gasteiger partial charge in [-0.05, 0) is 35.9 Å². The van der Waals surface area contributed by atoms with Gasteiger partial charge in [0.15, 0.2) is 17.2 Å². The summed E-state index contributed by atoms with van der Waals surface area (Å²) in [6.07, 6.45) is -2.27. The number of carbonyl (C=O) groups is 1. The molecule has 0 spiro atoms. The summed E-state index contributed by atoms with van der Waals surface area (Å²) in [7, 11) is 0. The number of carbonyl (C=O) groups excluding carboxylic acids is 1. The quantitative estimate of drug-likeness (QED) is 0.780. The molecule has 1 amide bonds. The predicted octanol–water partition coefficient (Wildman–Crippen LogP) is 4.62. The second-order valence-corrected chi connectivity index (χ2v) is 5.51. The maximum absolute atomic E-state index is 12.4. The van der Waals surface area contributed by atoms with Crippen molar-refractivity contribution in [2.75, 3.05) is 12.1 Å². The van der Waals surface area contributed by atoms with Gasteiger partial charge >= 0.3 is 6.36 Å². The molecule has 136 valence electrons. The lowest BCUT2D eigenvalue weighted by Gasteiger charge is -2.13. The van der Waals surface area contributed by atoms with Crippen molar-refractivity contribution in [1.82, 2.24) is 0 Å². The Morgan fingerprint density at radius 1 is 1.23 bits per heavy atom. The highest BCUT2D eigenvalue weighted by Crippen LogP contribution is 2.40. The summed E-state index contributed by atoms with van der Waals surface area (Å²) in [6.45, 7) is 0.0543. The molecule has 0 saturated heterocycles. The fourth-order valence-electron chi connectivity index (χ4n) is 2.21. The van der Waals surface area contributed by atoms with E-state index in [2.05, 4.69) is 10.1 Å². The van der Waals surface area contributed by atoms with Gasteiger partial charge < -0.3 is 19.5 Å². The Morgan fingerprint density at radius 3 is 2.77 bits per heavy atom. The van der Waals surface area contributed by atoms with Crippen molar-refractivity contribution in [2.45, 2.75) is 6.36 Å². The molecule has 0 aliphatic carbocycles. The zero-order valence-electron chi connectivity index (χ0n) is 13.0. The third-order valence-corrected chi connectivity index (χ3v) is 3.53. The summed E-state index contributed by atoms with van der Waals surface area (Å²) in [5, 5.41) is 2.65. The lowest BCUT2D eigenvalue weighted by Crippen LogP contribution is -2.19. The highest BCUT2D eigenvalue weighted by Gasteiger charge is 2.32. The Kier molecular flexibility index (Phi) is 4.94. The molecule has 0 saturated carbocycles. The van der Waals surface area contributed by atoms with Crippen molar-refractivity contribution in [3.8, 4) is 17.2 Å². The zero-order chi connectivity index (χ0) is 18.7. The smallest absolute Gasteiger partial charge is 0.454 e. The minimum Gasteiger partial charge on any atom is -0.454 e. The molecular formula is C17H11ClF3NO4. The van der Waals surface area contributed by atoms with Crippen LogP contribution in [-0.4, -0.2) is 19.1 Å². The van der Waals surface area contributed by atoms with E-state index in [1.165, 1.54) is 24.3 Å². The fourth-order valence-corrected chi connectivity index (χ4v) is 2.49. The first-order chi connectivity index (χ1) is 12.3. The van der Waals surface area contributed by atoms with Gasteiger partial charge in [-0.25, -0.2) is 0 Å². The van der Waals surface area contributed by atoms with Crippen LogP contribution < -0.4 is 19.5 Å². The minimum absolute atomic E-state index is 0.0543. The number of hydrogen-bond donors (Lipinski definition) is 1. The molecule has 0 aromatic heterocycles. The van der Waals surface area contributed by atoms with Gasteiger partial charge in [0.1, 0.15) is 0 Å². The molecule has 0 fully saturated rings. The van der Waals surface area contributed by atoms with Crippen molar-refractivity contribution in [3.63, 3.8) is 0 Å². The van der Waals surface area contributed by atoms with Crippen LogP contribution >= 0.6 is 11.6 Å². The van der Waals surface area contributed by atoms with Gasteiger partial charge in [-0.1, -0.05) is 23.7 Å². The van der Waals surface area contributed by atoms with E-state index >= 15 is 0 Å². The van der Waals surface area contributed by atoms with Crippen LogP contribution in [0.5, 0.6) is 17.2 Å². The van der Waals surface area contributed by atoms with Crippen molar-refractivity contribution in [1.29, 1.82) is 0 Å². The SMILES string of the molecule is O=C(/C=C/c1cc(Cl)c2c(c1)OCO2)Nc1ccccc1OC(F)(F)F. The Morgan fingerprint density at radius 2 is 2.00 bits per heavy atom. The lowest BCUT2D eigenvalue weighted by atomic mass is 10.2. The Bertz CT molecular complexity index is 868. The van der Waals surface area contributed by atoms with E-state index in [4.69, 9.17) is 21.1 Å². The highest BCUT2D eigenvalue weighted by molar-refractivity contribution is 6.32. The topological polar surface area (TPSA) is 56.8 Å². The number of ether oxygens (including phenoxy) is 3. The third-order valence-electron chi connectivity index (χ3n) is 3.25. The number of para-hydroxylation sites is 2. The number of amides is 1. The molecule has 2 aromatic rings. The van der Waals surface area contributed by atoms with Gasteiger partial charge in [-0.2, -0.15) is 0 Å². The van der Waals surface area contributed by atoms with Crippen LogP contribution in [0.15, 0.2) is 42.5 Å². The van der Waals surface area contributed by atoms with Gasteiger partial charge in [0.2, 0.25) is 12.7 Å². The number of halogens is 4. The van der Waals surface area contributed by atoms with Crippen molar-refractivity contribution in [2.24, 2.45) is 0 Å². The molecule has 0 radical (unpaired) electrons. The summed E-state index contributed by atoms with van der Waals surface area (Å²) in [4.78, 5) is 12.0. The van der Waals surface area contributed by atoms with E-state index in [1.807, 2.05) is 0 Å². The second kappa shape index (κ2) is 7.17. The van der Waals surface area contributed by atoms with Gasteiger partial charge in [0.05, 0.1) is 10.7 Å². The van der Waals surface area contributed by atoms with Crippen LogP contribution in [-0.2, 0) is 4.79 Å². The van der Waals surface area contributed by atoms with Crippen LogP contribution in [0.2, 0.25) is 5.02 Å². The standard InChI is InChI=1S/C17H11ClF3NO4/c18-11-7-10(8-14-16(11)25-9-24-14)5-6-15(23)22-12-3-1-2-4-13(12)26-17(19,20)21/h1-8H,9H2,(H,22,23)/b6-5+. The molecule has 1 aliphatic heterocycles. The lowest BCUT2D eigenvalue weighted by molar-refractivity contribution is -0.274. The summed E-state index contributed by atoms with van der Waals surface area (Å²) >= 11 is 6.04. The number of fused-ring (bicyclic) bond motifs is 1. The molecule has 1 aliphatic rings. The summed E-state index contributed by atoms with van der Waals surface area (Å²) < 4.78 is 51.4. The van der Waals surface area contributed by atoms with E-state index in [0.29, 0.717) is 22.1 Å². The van der Waals surface area contributed by atoms with Gasteiger partial charge in [-0.15, -0.1) is 13.2 Å². The molecule has 0 unspecified atom stereocenters. The van der Waals surface area contributed by atoms with E-state index in [1.54, 1.807) is 12.1 Å². The summed E-state index contributed by atoms with van der Waals surface area (Å²) in [6, 6.07) is 8.42. The maximum atomic E-state index is 12.4. The average molecular weight is 386 g/mol. The first kappa shape index (κ1) is 17.9. The zero-order valence-corrected chi connectivity index (χ0v) is 13.7. The van der Waals surface area contributed by atoms with Crippen LogP contribution in [0.25, 0.3) is 6.08 Å². The fraction of sp³-hybridized carbons (Fsp3) is 0.118. The van der Waals surface area contributed by atoms with Crippen LogP contribution in [0.1, 0.15) is 5.56 Å². The summed E-state index contributed by atoms with van der Waals surface area (Å²) in [5.74, 6) is -0.280. The summed E-state index contributed by atoms with van der Waals surface area (Å²) in [5.41, 5.74) is 0.456. The molecular weight excluding hydrogens is 375 g/mol. The minimum atomic E-state index is -4.86. The van der Waals surface area contributed by atoms with Crippen molar-refractivity contribution >= 4 is 29.3 Å². The second-order valence-electron chi connectivity index (χ2n) is 5.10. The molecule has 5 nitrogen and oxygen atoms in total. The number of anilines is 1. The monoisotopic (exact) mass is 385 g/mol. The number of rotatable bonds is 4. The molecule has 2 aromatic carbocycles. The maximum Gasteiger partial charge on any atom is 0.573 e. The molecule has 1 N–H and O–H groups in total. The molecule has 26 heavy (non-hydrogen) atoms. The van der Waals surface area contributed by atoms with Crippen LogP contribution in [0.4, 0.5) is 18.9 Å². The third kappa shape index (κ3) is 4.40. The first-order valence-electron chi connectivity index (χ1n) is 7.25. The molecule has 1 heterocycles. The van der Waals surface area contributed by atoms with Gasteiger partial charge in [0.25, 0.3) is 0 Å². The molecule has 9 heteroatoms. The molecule has 0 bridgehead atoms. The van der Waals surface area contributed by atoms with Crippen LogP contribution in [0, 0.1) is 0 Å². The Labute approximate surface area is 150 Å². The Balaban J connectivity index is 1.72. The van der Waals surface area contributed by atoms with Crippen molar-refractivity contribution < 1.29 is 32.2 Å². The average Bonchev–Trinajstić information content (AvgIpc) is 3.03. The normalized spacial score (nSPS) is 13.1. The van der Waals surface area contributed by atoms with Crippen LogP contribution in [0.3, 0.4) is 0 Å². The number of benzene rings is 2. The van der Waals surface area contributed by atoms with Gasteiger partial charge in [-0.3, -0.25) is 4.79 Å². The molecule has 3 rings (SSSR count). The van der Waals surface area contributed by atoms with E-state index < -0.39 is 18.0 Å². The predicted molar refractivity (Wildman–Crippen MR) is 88.4 cm³/mol. The molecule has 0 atom stereocenters. The largest absolute Gasteiger partial charge is 0.573 e. The van der Waals surface area contributed by atoms with Gasteiger partial charge in [0, 0.05) is 6.08 Å². The van der Waals surface area contributed by atoms with E-state index in [9.17, 15) is 18.0 Å². The van der Waals surface area contributed by atoms with E-state index in [-0.39, 0.29) is 12.5 Å². The highest BCUT2D eigenvalue weighted by atomic mass is 35.5. The van der Waals surface area contributed by atoms with Crippen molar-refractivity contribution in [3.05, 3.63) is 53.1 Å². The Hall–Kier alpha value is -2.87.